The number of rotatable bonds is 6. The molecular formula is C23H24N4O2S. The Balaban J connectivity index is 1.73. The van der Waals surface area contributed by atoms with Gasteiger partial charge in [0, 0.05) is 29.0 Å². The zero-order valence-electron chi connectivity index (χ0n) is 16.6. The number of nitrogens with one attached hydrogen (secondary N) is 1. The number of thiophene rings is 1. The third-order valence-electron chi connectivity index (χ3n) is 5.31. The fourth-order valence-corrected chi connectivity index (χ4v) is 4.67. The molecule has 154 valence electrons. The average molecular weight is 421 g/mol. The molecule has 1 N–H and O–H groups in total. The molecule has 0 spiro atoms. The molecule has 3 aromatic rings. The largest absolute Gasteiger partial charge is 0.351 e. The lowest BCUT2D eigenvalue weighted by Gasteiger charge is -2.32. The van der Waals surface area contributed by atoms with Gasteiger partial charge in [-0.3, -0.25) is 19.5 Å². The van der Waals surface area contributed by atoms with Crippen LogP contribution in [0.4, 0.5) is 5.69 Å². The van der Waals surface area contributed by atoms with Gasteiger partial charge in [-0.25, -0.2) is 4.98 Å². The Bertz CT molecular complexity index is 957. The zero-order chi connectivity index (χ0) is 20.8. The minimum absolute atomic E-state index is 0.151. The van der Waals surface area contributed by atoms with Gasteiger partial charge in [-0.15, -0.1) is 11.3 Å². The van der Waals surface area contributed by atoms with Gasteiger partial charge in [-0.1, -0.05) is 43.5 Å². The normalized spacial score (nSPS) is 15.3. The predicted octanol–water partition coefficient (Wildman–Crippen LogP) is 4.38. The molecule has 0 saturated heterocycles. The third-order valence-corrected chi connectivity index (χ3v) is 6.23. The van der Waals surface area contributed by atoms with Crippen LogP contribution in [0.3, 0.4) is 0 Å². The molecule has 1 atom stereocenters. The lowest BCUT2D eigenvalue weighted by molar-refractivity contribution is -0.123. The van der Waals surface area contributed by atoms with Gasteiger partial charge in [0.1, 0.15) is 5.69 Å². The molecule has 0 radical (unpaired) electrons. The standard InChI is InChI=1S/C23H24N4O2S/c28-22(26-17-8-3-1-4-9-17)21(20-12-7-15-30-20)27(18-10-5-2-6-11-18)23(29)19-16-24-13-14-25-19/h2,5-7,10-17,21H,1,3-4,8-9H2,(H,26,28)/t21-/m1/s1. The van der Waals surface area contributed by atoms with Gasteiger partial charge in [0.15, 0.2) is 6.04 Å². The number of carbonyl (C=O) groups excluding carboxylic acids is 2. The number of nitrogens with zero attached hydrogens (tertiary/aromatic N) is 3. The molecule has 0 bridgehead atoms. The van der Waals surface area contributed by atoms with Crippen LogP contribution in [0.1, 0.15) is 53.5 Å². The quantitative estimate of drug-likeness (QED) is 0.642. The summed E-state index contributed by atoms with van der Waals surface area (Å²) in [7, 11) is 0. The number of hydrogen-bond acceptors (Lipinski definition) is 5. The molecular weight excluding hydrogens is 396 g/mol. The van der Waals surface area contributed by atoms with E-state index in [1.54, 1.807) is 0 Å². The number of amides is 2. The van der Waals surface area contributed by atoms with Gasteiger partial charge in [0.05, 0.1) is 6.20 Å². The summed E-state index contributed by atoms with van der Waals surface area (Å²) in [5.41, 5.74) is 0.846. The fraction of sp³-hybridized carbons (Fsp3) is 0.304. The summed E-state index contributed by atoms with van der Waals surface area (Å²) in [4.78, 5) is 37.6. The molecule has 1 fully saturated rings. The molecule has 0 unspecified atom stereocenters. The highest BCUT2D eigenvalue weighted by Crippen LogP contribution is 2.32. The van der Waals surface area contributed by atoms with Crippen molar-refractivity contribution in [3.63, 3.8) is 0 Å². The maximum Gasteiger partial charge on any atom is 0.279 e. The second-order valence-corrected chi connectivity index (χ2v) is 8.34. The number of aromatic nitrogens is 2. The van der Waals surface area contributed by atoms with E-state index in [9.17, 15) is 9.59 Å². The average Bonchev–Trinajstić information content (AvgIpc) is 3.33. The monoisotopic (exact) mass is 420 g/mol. The number of carbonyl (C=O) groups is 2. The van der Waals surface area contributed by atoms with Gasteiger partial charge in [0.2, 0.25) is 5.91 Å². The van der Waals surface area contributed by atoms with Crippen molar-refractivity contribution < 1.29 is 9.59 Å². The van der Waals surface area contributed by atoms with Crippen molar-refractivity contribution in [2.45, 2.75) is 44.2 Å². The maximum atomic E-state index is 13.5. The summed E-state index contributed by atoms with van der Waals surface area (Å²) in [5.74, 6) is -0.517. The number of para-hydroxylation sites is 1. The van der Waals surface area contributed by atoms with E-state index in [1.807, 2.05) is 47.8 Å². The van der Waals surface area contributed by atoms with E-state index in [0.717, 1.165) is 30.6 Å². The van der Waals surface area contributed by atoms with Gasteiger partial charge in [-0.2, -0.15) is 0 Å². The van der Waals surface area contributed by atoms with Crippen molar-refractivity contribution in [2.24, 2.45) is 0 Å². The van der Waals surface area contributed by atoms with Gasteiger partial charge in [-0.05, 0) is 36.4 Å². The lowest BCUT2D eigenvalue weighted by atomic mass is 9.95. The van der Waals surface area contributed by atoms with Crippen LogP contribution in [0, 0.1) is 0 Å². The van der Waals surface area contributed by atoms with Crippen molar-refractivity contribution in [2.75, 3.05) is 4.90 Å². The zero-order valence-corrected chi connectivity index (χ0v) is 17.4. The van der Waals surface area contributed by atoms with Crippen LogP contribution in [0.25, 0.3) is 0 Å². The third kappa shape index (κ3) is 4.57. The second kappa shape index (κ2) is 9.63. The Morgan fingerprint density at radius 3 is 2.50 bits per heavy atom. The van der Waals surface area contributed by atoms with E-state index in [4.69, 9.17) is 0 Å². The fourth-order valence-electron chi connectivity index (χ4n) is 3.85. The van der Waals surface area contributed by atoms with Crippen molar-refractivity contribution in [3.05, 3.63) is 77.0 Å². The summed E-state index contributed by atoms with van der Waals surface area (Å²) in [6.07, 6.45) is 9.85. The number of hydrogen-bond donors (Lipinski definition) is 1. The maximum absolute atomic E-state index is 13.5. The molecule has 4 rings (SSSR count). The van der Waals surface area contributed by atoms with E-state index < -0.39 is 6.04 Å². The summed E-state index contributed by atoms with van der Waals surface area (Å²) in [6.45, 7) is 0. The van der Waals surface area contributed by atoms with Crippen molar-refractivity contribution >= 4 is 28.8 Å². The minimum Gasteiger partial charge on any atom is -0.351 e. The highest BCUT2D eigenvalue weighted by molar-refractivity contribution is 7.10. The Morgan fingerprint density at radius 1 is 1.03 bits per heavy atom. The Kier molecular flexibility index (Phi) is 6.49. The molecule has 2 aromatic heterocycles. The van der Waals surface area contributed by atoms with E-state index >= 15 is 0 Å². The Morgan fingerprint density at radius 2 is 1.83 bits per heavy atom. The van der Waals surface area contributed by atoms with Crippen LogP contribution in [0.2, 0.25) is 0 Å². The van der Waals surface area contributed by atoms with Crippen molar-refractivity contribution in [1.29, 1.82) is 0 Å². The molecule has 0 aliphatic heterocycles. The first-order valence-corrected chi connectivity index (χ1v) is 11.1. The number of benzene rings is 1. The molecule has 1 aliphatic rings. The summed E-state index contributed by atoms with van der Waals surface area (Å²) >= 11 is 1.47. The molecule has 1 saturated carbocycles. The topological polar surface area (TPSA) is 75.2 Å². The van der Waals surface area contributed by atoms with Crippen molar-refractivity contribution in [1.82, 2.24) is 15.3 Å². The first-order valence-electron chi connectivity index (χ1n) is 10.2. The van der Waals surface area contributed by atoms with Crippen LogP contribution in [-0.2, 0) is 4.79 Å². The lowest BCUT2D eigenvalue weighted by Crippen LogP contribution is -2.47. The number of anilines is 1. The van der Waals surface area contributed by atoms with Gasteiger partial charge < -0.3 is 5.32 Å². The van der Waals surface area contributed by atoms with E-state index in [1.165, 1.54) is 41.2 Å². The summed E-state index contributed by atoms with van der Waals surface area (Å²) in [5, 5.41) is 5.12. The van der Waals surface area contributed by atoms with E-state index in [2.05, 4.69) is 15.3 Å². The first-order chi connectivity index (χ1) is 14.7. The Labute approximate surface area is 180 Å². The van der Waals surface area contributed by atoms with Crippen LogP contribution in [0.15, 0.2) is 66.4 Å². The highest BCUT2D eigenvalue weighted by Gasteiger charge is 2.35. The molecule has 6 nitrogen and oxygen atoms in total. The van der Waals surface area contributed by atoms with Crippen LogP contribution in [-0.4, -0.2) is 27.8 Å². The van der Waals surface area contributed by atoms with Crippen LogP contribution < -0.4 is 10.2 Å². The van der Waals surface area contributed by atoms with Gasteiger partial charge >= 0.3 is 0 Å². The predicted molar refractivity (Wildman–Crippen MR) is 117 cm³/mol. The summed E-state index contributed by atoms with van der Waals surface area (Å²) in [6, 6.07) is 12.4. The molecule has 2 amide bonds. The molecule has 30 heavy (non-hydrogen) atoms. The molecule has 7 heteroatoms. The first kappa shape index (κ1) is 20.2. The molecule has 1 aliphatic carbocycles. The summed E-state index contributed by atoms with van der Waals surface area (Å²) < 4.78 is 0. The SMILES string of the molecule is O=C(NC1CCCCC1)[C@@H](c1cccs1)N(C(=O)c1cnccn1)c1ccccc1. The van der Waals surface area contributed by atoms with E-state index in [-0.39, 0.29) is 23.6 Å². The highest BCUT2D eigenvalue weighted by atomic mass is 32.1. The van der Waals surface area contributed by atoms with E-state index in [0.29, 0.717) is 5.69 Å². The van der Waals surface area contributed by atoms with Crippen molar-refractivity contribution in [3.8, 4) is 0 Å². The smallest absolute Gasteiger partial charge is 0.279 e. The van der Waals surface area contributed by atoms with Gasteiger partial charge in [0.25, 0.3) is 5.91 Å². The van der Waals surface area contributed by atoms with Crippen LogP contribution >= 0.6 is 11.3 Å². The minimum atomic E-state index is -0.774. The van der Waals surface area contributed by atoms with Crippen LogP contribution in [0.5, 0.6) is 0 Å². The Hall–Kier alpha value is -3.06. The molecule has 2 heterocycles. The molecule has 1 aromatic carbocycles. The second-order valence-electron chi connectivity index (χ2n) is 7.36.